The maximum absolute atomic E-state index is 5.00. The molecule has 0 N–H and O–H groups in total. The minimum absolute atomic E-state index is 0.456. The van der Waals surface area contributed by atoms with Crippen LogP contribution in [0.1, 0.15) is 6.92 Å². The molecule has 0 amide bonds. The molecular weight excluding hydrogens is 220 g/mol. The number of hydrogen-bond donors (Lipinski definition) is 0. The summed E-state index contributed by atoms with van der Waals surface area (Å²) in [5.74, 6) is 0. The second-order valence-corrected chi connectivity index (χ2v) is 4.64. The van der Waals surface area contributed by atoms with Crippen LogP contribution in [0.5, 0.6) is 0 Å². The number of ether oxygens (including phenoxy) is 2. The van der Waals surface area contributed by atoms with Gasteiger partial charge in [-0.3, -0.25) is 0 Å². The van der Waals surface area contributed by atoms with Crippen molar-refractivity contribution in [3.8, 4) is 0 Å². The van der Waals surface area contributed by atoms with Crippen LogP contribution in [-0.2, 0) is 9.47 Å². The van der Waals surface area contributed by atoms with Gasteiger partial charge in [0.25, 0.3) is 0 Å². The summed E-state index contributed by atoms with van der Waals surface area (Å²) >= 11 is 9.59. The second-order valence-electron chi connectivity index (χ2n) is 1.30. The lowest BCUT2D eigenvalue weighted by Crippen LogP contribution is -1.95. The van der Waals surface area contributed by atoms with Gasteiger partial charge in [0.1, 0.15) is 0 Å². The lowest BCUT2D eigenvalue weighted by atomic mass is 10.9. The quantitative estimate of drug-likeness (QED) is 0.504. The predicted molar refractivity (Wildman–Crippen MR) is 59.0 cm³/mol. The fraction of sp³-hybridized carbons (Fsp3) is 0.600. The van der Waals surface area contributed by atoms with E-state index < -0.39 is 0 Å². The van der Waals surface area contributed by atoms with Crippen molar-refractivity contribution in [3.63, 3.8) is 0 Å². The molecule has 0 spiro atoms. The van der Waals surface area contributed by atoms with Crippen molar-refractivity contribution in [2.75, 3.05) is 13.7 Å². The largest absolute Gasteiger partial charge is 0.481 e. The molecule has 0 unspecified atom stereocenters. The van der Waals surface area contributed by atoms with Crippen LogP contribution in [0.2, 0.25) is 0 Å². The third-order valence-electron chi connectivity index (χ3n) is 0.607. The van der Waals surface area contributed by atoms with Gasteiger partial charge in [0.2, 0.25) is 8.77 Å². The Morgan fingerprint density at radius 1 is 1.27 bits per heavy atom. The van der Waals surface area contributed by atoms with Gasteiger partial charge in [0, 0.05) is 21.6 Å². The monoisotopic (exact) mass is 228 g/mol. The van der Waals surface area contributed by atoms with Gasteiger partial charge in [-0.15, -0.1) is 0 Å². The Morgan fingerprint density at radius 2 is 1.82 bits per heavy atom. The molecule has 0 aliphatic rings. The highest BCUT2D eigenvalue weighted by Crippen LogP contribution is 2.25. The molecule has 0 radical (unpaired) electrons. The van der Waals surface area contributed by atoms with Crippen molar-refractivity contribution >= 4 is 54.8 Å². The highest BCUT2D eigenvalue weighted by molar-refractivity contribution is 8.89. The standard InChI is InChI=1S/C5H8O2S4/c1-3-7-5(9)11-10-4(8)6-2/h3H2,1-2H3. The normalized spacial score (nSPS) is 8.91. The van der Waals surface area contributed by atoms with Gasteiger partial charge in [0.05, 0.1) is 13.7 Å². The van der Waals surface area contributed by atoms with E-state index in [0.29, 0.717) is 15.4 Å². The van der Waals surface area contributed by atoms with Crippen LogP contribution in [0.15, 0.2) is 0 Å². The molecule has 0 saturated heterocycles. The zero-order chi connectivity index (χ0) is 8.69. The van der Waals surface area contributed by atoms with Crippen molar-refractivity contribution in [1.82, 2.24) is 0 Å². The topological polar surface area (TPSA) is 18.5 Å². The molecule has 0 fully saturated rings. The SMILES string of the molecule is CCOC(=S)SSC(=S)OC. The van der Waals surface area contributed by atoms with Crippen molar-refractivity contribution < 1.29 is 9.47 Å². The Kier molecular flexibility index (Phi) is 7.46. The van der Waals surface area contributed by atoms with Crippen LogP contribution >= 0.6 is 46.0 Å². The molecule has 0 aliphatic heterocycles. The van der Waals surface area contributed by atoms with Gasteiger partial charge in [-0.05, 0) is 31.4 Å². The molecule has 0 aromatic carbocycles. The average Bonchev–Trinajstić information content (AvgIpc) is 2.01. The molecule has 2 nitrogen and oxygen atoms in total. The average molecular weight is 228 g/mol. The van der Waals surface area contributed by atoms with E-state index in [0.717, 1.165) is 0 Å². The molecule has 0 aromatic heterocycles. The van der Waals surface area contributed by atoms with Gasteiger partial charge in [0.15, 0.2) is 0 Å². The van der Waals surface area contributed by atoms with E-state index in [9.17, 15) is 0 Å². The number of hydrogen-bond acceptors (Lipinski definition) is 6. The van der Waals surface area contributed by atoms with E-state index in [1.165, 1.54) is 28.7 Å². The fourth-order valence-corrected chi connectivity index (χ4v) is 2.10. The maximum Gasteiger partial charge on any atom is 0.231 e. The first-order valence-corrected chi connectivity index (χ1v) is 5.76. The Balaban J connectivity index is 3.38. The zero-order valence-corrected chi connectivity index (χ0v) is 9.42. The lowest BCUT2D eigenvalue weighted by Gasteiger charge is -2.02. The Hall–Kier alpha value is 0.480. The summed E-state index contributed by atoms with van der Waals surface area (Å²) in [5, 5.41) is 0. The first-order chi connectivity index (χ1) is 5.20. The minimum Gasteiger partial charge on any atom is -0.481 e. The summed E-state index contributed by atoms with van der Waals surface area (Å²) in [5.41, 5.74) is 0. The fourth-order valence-electron chi connectivity index (χ4n) is 0.244. The molecular formula is C5H8O2S4. The van der Waals surface area contributed by atoms with E-state index >= 15 is 0 Å². The van der Waals surface area contributed by atoms with Crippen LogP contribution in [0.4, 0.5) is 0 Å². The summed E-state index contributed by atoms with van der Waals surface area (Å²) in [4.78, 5) is 0. The molecule has 0 rings (SSSR count). The first kappa shape index (κ1) is 11.5. The van der Waals surface area contributed by atoms with Crippen LogP contribution < -0.4 is 0 Å². The van der Waals surface area contributed by atoms with E-state index in [1.807, 2.05) is 6.92 Å². The van der Waals surface area contributed by atoms with E-state index in [1.54, 1.807) is 0 Å². The number of thiocarbonyl (C=S) groups is 2. The summed E-state index contributed by atoms with van der Waals surface area (Å²) < 4.78 is 10.7. The van der Waals surface area contributed by atoms with Crippen LogP contribution in [-0.4, -0.2) is 22.5 Å². The lowest BCUT2D eigenvalue weighted by molar-refractivity contribution is 0.346. The summed E-state index contributed by atoms with van der Waals surface area (Å²) in [6.07, 6.45) is 0. The van der Waals surface area contributed by atoms with Crippen LogP contribution in [0.3, 0.4) is 0 Å². The highest BCUT2D eigenvalue weighted by atomic mass is 33.1. The minimum atomic E-state index is 0.456. The Bertz CT molecular complexity index is 147. The van der Waals surface area contributed by atoms with Crippen LogP contribution in [0, 0.1) is 0 Å². The van der Waals surface area contributed by atoms with Crippen molar-refractivity contribution in [3.05, 3.63) is 0 Å². The smallest absolute Gasteiger partial charge is 0.231 e. The van der Waals surface area contributed by atoms with Gasteiger partial charge in [-0.25, -0.2) is 0 Å². The van der Waals surface area contributed by atoms with E-state index in [-0.39, 0.29) is 0 Å². The highest BCUT2D eigenvalue weighted by Gasteiger charge is 2.01. The molecule has 0 bridgehead atoms. The molecule has 64 valence electrons. The predicted octanol–water partition coefficient (Wildman–Crippen LogP) is 2.62. The summed E-state index contributed by atoms with van der Waals surface area (Å²) in [6, 6.07) is 0. The molecule has 6 heteroatoms. The number of methoxy groups -OCH3 is 1. The Morgan fingerprint density at radius 3 is 2.27 bits per heavy atom. The Labute approximate surface area is 84.8 Å². The van der Waals surface area contributed by atoms with Crippen molar-refractivity contribution in [2.45, 2.75) is 6.92 Å². The third-order valence-corrected chi connectivity index (χ3v) is 3.82. The molecule has 0 aliphatic carbocycles. The van der Waals surface area contributed by atoms with Gasteiger partial charge in [-0.1, -0.05) is 0 Å². The summed E-state index contributed by atoms with van der Waals surface area (Å²) in [7, 11) is 4.10. The van der Waals surface area contributed by atoms with Gasteiger partial charge < -0.3 is 9.47 Å². The first-order valence-electron chi connectivity index (χ1n) is 2.80. The molecule has 0 heterocycles. The summed E-state index contributed by atoms with van der Waals surface area (Å²) in [6.45, 7) is 2.47. The van der Waals surface area contributed by atoms with E-state index in [2.05, 4.69) is 0 Å². The van der Waals surface area contributed by atoms with Crippen LogP contribution in [0.25, 0.3) is 0 Å². The van der Waals surface area contributed by atoms with Gasteiger partial charge in [-0.2, -0.15) is 0 Å². The maximum atomic E-state index is 5.00. The molecule has 0 atom stereocenters. The number of rotatable bonds is 1. The third kappa shape index (κ3) is 6.86. The molecule has 0 saturated carbocycles. The second kappa shape index (κ2) is 7.15. The van der Waals surface area contributed by atoms with Crippen molar-refractivity contribution in [2.24, 2.45) is 0 Å². The van der Waals surface area contributed by atoms with Gasteiger partial charge >= 0.3 is 0 Å². The molecule has 0 aromatic rings. The van der Waals surface area contributed by atoms with Crippen molar-refractivity contribution in [1.29, 1.82) is 0 Å². The zero-order valence-electron chi connectivity index (χ0n) is 6.16. The van der Waals surface area contributed by atoms with E-state index in [4.69, 9.17) is 33.9 Å². The molecule has 11 heavy (non-hydrogen) atoms.